The largest absolute Gasteiger partial charge is 0.381 e. The first kappa shape index (κ1) is 9.61. The molecule has 0 aliphatic carbocycles. The predicted molar refractivity (Wildman–Crippen MR) is 49.5 cm³/mol. The molecule has 1 aliphatic rings. The van der Waals surface area contributed by atoms with E-state index in [0.29, 0.717) is 12.1 Å². The molecule has 1 aromatic rings. The Kier molecular flexibility index (Phi) is 2.08. The second kappa shape index (κ2) is 3.03. The Morgan fingerprint density at radius 3 is 2.79 bits per heavy atom. The molecular formula is C9H15N3O2. The maximum atomic E-state index is 10.4. The summed E-state index contributed by atoms with van der Waals surface area (Å²) in [5.41, 5.74) is -0.384. The lowest BCUT2D eigenvalue weighted by Gasteiger charge is -2.22. The Balaban J connectivity index is 2.32. The maximum absolute atomic E-state index is 10.4. The van der Waals surface area contributed by atoms with Gasteiger partial charge in [0, 0.05) is 13.5 Å². The van der Waals surface area contributed by atoms with Gasteiger partial charge in [0.05, 0.1) is 18.4 Å². The van der Waals surface area contributed by atoms with E-state index in [1.807, 2.05) is 13.8 Å². The number of aliphatic hydroxyl groups is 1. The monoisotopic (exact) mass is 197 g/mol. The summed E-state index contributed by atoms with van der Waals surface area (Å²) in [4.78, 5) is 1.45. The van der Waals surface area contributed by atoms with Crippen molar-refractivity contribution in [3.8, 4) is 0 Å². The van der Waals surface area contributed by atoms with Crippen molar-refractivity contribution in [3.63, 3.8) is 0 Å². The van der Waals surface area contributed by atoms with E-state index in [9.17, 15) is 5.11 Å². The molecule has 1 saturated heterocycles. The Bertz CT molecular complexity index is 339. The molecule has 78 valence electrons. The Morgan fingerprint density at radius 2 is 2.36 bits per heavy atom. The molecule has 2 rings (SSSR count). The van der Waals surface area contributed by atoms with Crippen molar-refractivity contribution in [3.05, 3.63) is 11.9 Å². The second-order valence-electron chi connectivity index (χ2n) is 3.94. The maximum Gasteiger partial charge on any atom is 0.138 e. The highest BCUT2D eigenvalue weighted by molar-refractivity contribution is 5.12. The zero-order valence-corrected chi connectivity index (χ0v) is 8.64. The number of aryl methyl sites for hydroxylation is 1. The lowest BCUT2D eigenvalue weighted by Crippen LogP contribution is -2.33. The van der Waals surface area contributed by atoms with Crippen molar-refractivity contribution in [2.45, 2.75) is 38.1 Å². The van der Waals surface area contributed by atoms with E-state index in [1.54, 1.807) is 13.2 Å². The Labute approximate surface area is 82.7 Å². The molecule has 0 spiro atoms. The summed E-state index contributed by atoms with van der Waals surface area (Å²) in [7, 11) is 1.73. The van der Waals surface area contributed by atoms with Crippen LogP contribution in [0.1, 0.15) is 26.0 Å². The lowest BCUT2D eigenvalue weighted by atomic mass is 9.92. The van der Waals surface area contributed by atoms with Crippen LogP contribution in [0.25, 0.3) is 0 Å². The third-order valence-electron chi connectivity index (χ3n) is 2.75. The van der Waals surface area contributed by atoms with E-state index in [0.717, 1.165) is 0 Å². The summed E-state index contributed by atoms with van der Waals surface area (Å²) in [6, 6.07) is 0. The smallest absolute Gasteiger partial charge is 0.138 e. The standard InChI is InChI=1S/C9H15N3O2/c1-6-4-9(13,7(2)14-6)8-5-10-12(3)11-8/h5-7,13H,4H2,1-3H3. The van der Waals surface area contributed by atoms with Gasteiger partial charge in [-0.2, -0.15) is 15.0 Å². The summed E-state index contributed by atoms with van der Waals surface area (Å²) in [5.74, 6) is 0. The fraction of sp³-hybridized carbons (Fsp3) is 0.778. The number of nitrogens with zero attached hydrogens (tertiary/aromatic N) is 3. The first-order chi connectivity index (χ1) is 6.52. The number of hydrogen-bond donors (Lipinski definition) is 1. The number of rotatable bonds is 1. The van der Waals surface area contributed by atoms with Gasteiger partial charge < -0.3 is 9.84 Å². The van der Waals surface area contributed by atoms with E-state index in [2.05, 4.69) is 10.2 Å². The fourth-order valence-electron chi connectivity index (χ4n) is 1.97. The van der Waals surface area contributed by atoms with Crippen molar-refractivity contribution in [1.29, 1.82) is 0 Å². The van der Waals surface area contributed by atoms with E-state index < -0.39 is 5.60 Å². The highest BCUT2D eigenvalue weighted by Gasteiger charge is 2.46. The van der Waals surface area contributed by atoms with Gasteiger partial charge in [-0.15, -0.1) is 0 Å². The molecule has 1 fully saturated rings. The van der Waals surface area contributed by atoms with Crippen molar-refractivity contribution in [2.75, 3.05) is 0 Å². The number of aromatic nitrogens is 3. The van der Waals surface area contributed by atoms with E-state index >= 15 is 0 Å². The van der Waals surface area contributed by atoms with Crippen LogP contribution in [-0.2, 0) is 17.4 Å². The van der Waals surface area contributed by atoms with Crippen LogP contribution in [0.15, 0.2) is 6.20 Å². The first-order valence-corrected chi connectivity index (χ1v) is 4.77. The zero-order chi connectivity index (χ0) is 10.3. The van der Waals surface area contributed by atoms with Gasteiger partial charge in [-0.1, -0.05) is 0 Å². The van der Waals surface area contributed by atoms with Crippen LogP contribution in [0, 0.1) is 0 Å². The van der Waals surface area contributed by atoms with Crippen LogP contribution in [-0.4, -0.2) is 32.3 Å². The minimum absolute atomic E-state index is 0.0667. The molecule has 14 heavy (non-hydrogen) atoms. The van der Waals surface area contributed by atoms with E-state index in [1.165, 1.54) is 4.80 Å². The van der Waals surface area contributed by atoms with Gasteiger partial charge in [0.25, 0.3) is 0 Å². The highest BCUT2D eigenvalue weighted by atomic mass is 16.5. The van der Waals surface area contributed by atoms with Crippen LogP contribution in [0.5, 0.6) is 0 Å². The highest BCUT2D eigenvalue weighted by Crippen LogP contribution is 2.37. The van der Waals surface area contributed by atoms with E-state index in [4.69, 9.17) is 4.74 Å². The molecule has 3 atom stereocenters. The zero-order valence-electron chi connectivity index (χ0n) is 8.64. The molecule has 0 amide bonds. The molecule has 5 heteroatoms. The minimum atomic E-state index is -0.978. The van der Waals surface area contributed by atoms with Crippen LogP contribution in [0.3, 0.4) is 0 Å². The van der Waals surface area contributed by atoms with Gasteiger partial charge >= 0.3 is 0 Å². The second-order valence-corrected chi connectivity index (χ2v) is 3.94. The summed E-state index contributed by atoms with van der Waals surface area (Å²) < 4.78 is 5.51. The van der Waals surface area contributed by atoms with Gasteiger partial charge in [-0.05, 0) is 13.8 Å². The predicted octanol–water partition coefficient (Wildman–Crippen LogP) is 0.200. The molecular weight excluding hydrogens is 182 g/mol. The van der Waals surface area contributed by atoms with Crippen molar-refractivity contribution in [2.24, 2.45) is 7.05 Å². The fourth-order valence-corrected chi connectivity index (χ4v) is 1.97. The topological polar surface area (TPSA) is 60.2 Å². The summed E-state index contributed by atoms with van der Waals surface area (Å²) in [6.45, 7) is 3.81. The van der Waals surface area contributed by atoms with Crippen LogP contribution >= 0.6 is 0 Å². The molecule has 1 N–H and O–H groups in total. The third kappa shape index (κ3) is 1.33. The molecule has 5 nitrogen and oxygen atoms in total. The van der Waals surface area contributed by atoms with Crippen molar-refractivity contribution < 1.29 is 9.84 Å². The quantitative estimate of drug-likeness (QED) is 0.698. The van der Waals surface area contributed by atoms with Crippen LogP contribution in [0.2, 0.25) is 0 Å². The average molecular weight is 197 g/mol. The minimum Gasteiger partial charge on any atom is -0.381 e. The van der Waals surface area contributed by atoms with Crippen molar-refractivity contribution in [1.82, 2.24) is 15.0 Å². The summed E-state index contributed by atoms with van der Waals surface area (Å²) in [6.07, 6.45) is 2.01. The molecule has 0 radical (unpaired) electrons. The molecule has 0 bridgehead atoms. The molecule has 2 heterocycles. The van der Waals surface area contributed by atoms with Gasteiger partial charge in [0.1, 0.15) is 11.3 Å². The van der Waals surface area contributed by atoms with E-state index in [-0.39, 0.29) is 12.2 Å². The van der Waals surface area contributed by atoms with Gasteiger partial charge in [0.2, 0.25) is 0 Å². The van der Waals surface area contributed by atoms with Gasteiger partial charge in [0.15, 0.2) is 0 Å². The molecule has 0 aromatic carbocycles. The Morgan fingerprint density at radius 1 is 1.64 bits per heavy atom. The first-order valence-electron chi connectivity index (χ1n) is 4.77. The van der Waals surface area contributed by atoms with Gasteiger partial charge in [-0.3, -0.25) is 0 Å². The molecule has 0 saturated carbocycles. The van der Waals surface area contributed by atoms with Crippen molar-refractivity contribution >= 4 is 0 Å². The lowest BCUT2D eigenvalue weighted by molar-refractivity contribution is -0.0421. The SMILES string of the molecule is CC1CC(O)(c2cnn(C)n2)C(C)O1. The summed E-state index contributed by atoms with van der Waals surface area (Å²) >= 11 is 0. The number of ether oxygens (including phenoxy) is 1. The summed E-state index contributed by atoms with van der Waals surface area (Å²) in [5, 5.41) is 18.5. The molecule has 1 aliphatic heterocycles. The van der Waals surface area contributed by atoms with Crippen LogP contribution in [0.4, 0.5) is 0 Å². The Hall–Kier alpha value is -0.940. The average Bonchev–Trinajstić information content (AvgIpc) is 2.59. The third-order valence-corrected chi connectivity index (χ3v) is 2.75. The van der Waals surface area contributed by atoms with Gasteiger partial charge in [-0.25, -0.2) is 0 Å². The number of hydrogen-bond acceptors (Lipinski definition) is 4. The molecule has 3 unspecified atom stereocenters. The molecule has 1 aromatic heterocycles. The van der Waals surface area contributed by atoms with Crippen LogP contribution < -0.4 is 0 Å². The normalized spacial score (nSPS) is 37.7.